The molecule has 0 aromatic rings. The number of hydrogen-bond donors (Lipinski definition) is 2. The molecule has 0 aliphatic heterocycles. The molecule has 0 radical (unpaired) electrons. The number of hydrogen-bond acceptors (Lipinski definition) is 3. The third-order valence-corrected chi connectivity index (χ3v) is 1.32. The number of amides is 1. The Morgan fingerprint density at radius 1 is 1.42 bits per heavy atom. The molecule has 0 bridgehead atoms. The average Bonchev–Trinajstić information content (AvgIpc) is 2.02. The van der Waals surface area contributed by atoms with E-state index >= 15 is 0 Å². The normalized spacial score (nSPS) is 10.1. The maximum Gasteiger partial charge on any atom is 0.218 e. The third-order valence-electron chi connectivity index (χ3n) is 1.32. The van der Waals surface area contributed by atoms with Gasteiger partial charge >= 0.3 is 0 Å². The molecule has 0 aliphatic rings. The fraction of sp³-hybridized carbons (Fsp3) is 0.875. The van der Waals surface area contributed by atoms with Crippen LogP contribution in [0.2, 0.25) is 0 Å². The van der Waals surface area contributed by atoms with Crippen LogP contribution < -0.4 is 11.1 Å². The van der Waals surface area contributed by atoms with Gasteiger partial charge in [-0.1, -0.05) is 6.92 Å². The number of nitrogens with two attached hydrogens (primary N) is 1. The maximum absolute atomic E-state index is 10.3. The van der Waals surface area contributed by atoms with E-state index in [9.17, 15) is 4.79 Å². The lowest BCUT2D eigenvalue weighted by molar-refractivity contribution is -0.117. The summed E-state index contributed by atoms with van der Waals surface area (Å²) in [5.74, 6) is -0.267. The number of carbonyl (C=O) groups is 1. The van der Waals surface area contributed by atoms with Crippen molar-refractivity contribution in [2.75, 3.05) is 26.3 Å². The topological polar surface area (TPSA) is 64.3 Å². The molecule has 12 heavy (non-hydrogen) atoms. The van der Waals surface area contributed by atoms with Crippen LogP contribution in [0.5, 0.6) is 0 Å². The van der Waals surface area contributed by atoms with Gasteiger partial charge in [0.1, 0.15) is 0 Å². The molecule has 0 saturated carbocycles. The molecule has 1 amide bonds. The minimum absolute atomic E-state index is 0.267. The van der Waals surface area contributed by atoms with E-state index in [0.29, 0.717) is 19.6 Å². The van der Waals surface area contributed by atoms with Crippen LogP contribution >= 0.6 is 0 Å². The third kappa shape index (κ3) is 9.39. The molecule has 0 atom stereocenters. The van der Waals surface area contributed by atoms with Crippen molar-refractivity contribution in [1.29, 1.82) is 0 Å². The van der Waals surface area contributed by atoms with Crippen LogP contribution in [0.1, 0.15) is 19.8 Å². The van der Waals surface area contributed by atoms with Crippen LogP contribution in [0.3, 0.4) is 0 Å². The summed E-state index contributed by atoms with van der Waals surface area (Å²) in [5, 5.41) is 3.05. The smallest absolute Gasteiger partial charge is 0.218 e. The SMILES string of the molecule is CCCOCCNCCC(N)=O. The van der Waals surface area contributed by atoms with Crippen LogP contribution in [-0.2, 0) is 9.53 Å². The van der Waals surface area contributed by atoms with Crippen LogP contribution in [0.4, 0.5) is 0 Å². The summed E-state index contributed by atoms with van der Waals surface area (Å²) in [6.45, 7) is 5.00. The lowest BCUT2D eigenvalue weighted by Crippen LogP contribution is -2.25. The Balaban J connectivity index is 2.86. The van der Waals surface area contributed by atoms with E-state index in [1.807, 2.05) is 0 Å². The van der Waals surface area contributed by atoms with Gasteiger partial charge in [-0.15, -0.1) is 0 Å². The fourth-order valence-corrected chi connectivity index (χ4v) is 0.727. The van der Waals surface area contributed by atoms with Gasteiger partial charge in [0.25, 0.3) is 0 Å². The second kappa shape index (κ2) is 8.49. The summed E-state index contributed by atoms with van der Waals surface area (Å²) in [4.78, 5) is 10.3. The molecule has 0 spiro atoms. The van der Waals surface area contributed by atoms with Gasteiger partial charge in [-0.25, -0.2) is 0 Å². The number of primary amides is 1. The van der Waals surface area contributed by atoms with Crippen molar-refractivity contribution >= 4 is 5.91 Å². The summed E-state index contributed by atoms with van der Waals surface area (Å²) in [5.41, 5.74) is 4.94. The largest absolute Gasteiger partial charge is 0.380 e. The Morgan fingerprint density at radius 3 is 2.75 bits per heavy atom. The molecule has 0 aromatic heterocycles. The van der Waals surface area contributed by atoms with Crippen LogP contribution in [-0.4, -0.2) is 32.2 Å². The Kier molecular flexibility index (Phi) is 8.05. The first-order chi connectivity index (χ1) is 5.77. The number of ether oxygens (including phenoxy) is 1. The molecule has 4 nitrogen and oxygen atoms in total. The highest BCUT2D eigenvalue weighted by atomic mass is 16.5. The summed E-state index contributed by atoms with van der Waals surface area (Å²) in [6.07, 6.45) is 1.44. The zero-order valence-corrected chi connectivity index (χ0v) is 7.64. The Morgan fingerprint density at radius 2 is 2.17 bits per heavy atom. The molecule has 0 saturated heterocycles. The molecule has 0 fully saturated rings. The second-order valence-corrected chi connectivity index (χ2v) is 2.58. The quantitative estimate of drug-likeness (QED) is 0.504. The molecular formula is C8H18N2O2. The first-order valence-electron chi connectivity index (χ1n) is 4.34. The van der Waals surface area contributed by atoms with Crippen LogP contribution in [0.25, 0.3) is 0 Å². The van der Waals surface area contributed by atoms with Gasteiger partial charge < -0.3 is 15.8 Å². The summed E-state index contributed by atoms with van der Waals surface area (Å²) < 4.78 is 5.21. The van der Waals surface area contributed by atoms with Crippen LogP contribution in [0.15, 0.2) is 0 Å². The minimum atomic E-state index is -0.267. The van der Waals surface area contributed by atoms with Gasteiger partial charge in [0.2, 0.25) is 5.91 Å². The highest BCUT2D eigenvalue weighted by Crippen LogP contribution is 1.78. The maximum atomic E-state index is 10.3. The fourth-order valence-electron chi connectivity index (χ4n) is 0.727. The zero-order valence-electron chi connectivity index (χ0n) is 7.64. The number of rotatable bonds is 8. The number of carbonyl (C=O) groups excluding carboxylic acids is 1. The molecule has 0 aromatic carbocycles. The van der Waals surface area contributed by atoms with Gasteiger partial charge in [0, 0.05) is 26.1 Å². The van der Waals surface area contributed by atoms with Gasteiger partial charge in [-0.3, -0.25) is 4.79 Å². The highest BCUT2D eigenvalue weighted by molar-refractivity contribution is 5.73. The minimum Gasteiger partial charge on any atom is -0.380 e. The van der Waals surface area contributed by atoms with E-state index in [2.05, 4.69) is 12.2 Å². The summed E-state index contributed by atoms with van der Waals surface area (Å²) in [6, 6.07) is 0. The second-order valence-electron chi connectivity index (χ2n) is 2.58. The molecule has 0 rings (SSSR count). The van der Waals surface area contributed by atoms with Crippen molar-refractivity contribution in [3.05, 3.63) is 0 Å². The van der Waals surface area contributed by atoms with Crippen molar-refractivity contribution in [3.63, 3.8) is 0 Å². The predicted octanol–water partition coefficient (Wildman–Crippen LogP) is -0.122. The van der Waals surface area contributed by atoms with E-state index in [4.69, 9.17) is 10.5 Å². The monoisotopic (exact) mass is 174 g/mol. The molecule has 72 valence electrons. The van der Waals surface area contributed by atoms with Gasteiger partial charge in [-0.2, -0.15) is 0 Å². The number of nitrogens with one attached hydrogen (secondary N) is 1. The molecule has 0 aliphatic carbocycles. The van der Waals surface area contributed by atoms with Gasteiger partial charge in [0.15, 0.2) is 0 Å². The Bertz CT molecular complexity index is 118. The van der Waals surface area contributed by atoms with Crippen molar-refractivity contribution in [2.24, 2.45) is 5.73 Å². The Hall–Kier alpha value is -0.610. The van der Waals surface area contributed by atoms with Crippen molar-refractivity contribution in [1.82, 2.24) is 5.32 Å². The van der Waals surface area contributed by atoms with E-state index in [1.54, 1.807) is 0 Å². The summed E-state index contributed by atoms with van der Waals surface area (Å²) in [7, 11) is 0. The van der Waals surface area contributed by atoms with Gasteiger partial charge in [-0.05, 0) is 6.42 Å². The first-order valence-corrected chi connectivity index (χ1v) is 4.34. The first kappa shape index (κ1) is 11.4. The van der Waals surface area contributed by atoms with E-state index in [1.165, 1.54) is 0 Å². The molecule has 3 N–H and O–H groups in total. The van der Waals surface area contributed by atoms with Crippen molar-refractivity contribution in [2.45, 2.75) is 19.8 Å². The Labute approximate surface area is 73.5 Å². The standard InChI is InChI=1S/C8H18N2O2/c1-2-6-12-7-5-10-4-3-8(9)11/h10H,2-7H2,1H3,(H2,9,11). The van der Waals surface area contributed by atoms with Crippen molar-refractivity contribution < 1.29 is 9.53 Å². The summed E-state index contributed by atoms with van der Waals surface area (Å²) >= 11 is 0. The van der Waals surface area contributed by atoms with E-state index in [0.717, 1.165) is 19.6 Å². The molecular weight excluding hydrogens is 156 g/mol. The molecule has 4 heteroatoms. The van der Waals surface area contributed by atoms with E-state index < -0.39 is 0 Å². The average molecular weight is 174 g/mol. The zero-order chi connectivity index (χ0) is 9.23. The van der Waals surface area contributed by atoms with E-state index in [-0.39, 0.29) is 5.91 Å². The predicted molar refractivity (Wildman–Crippen MR) is 47.8 cm³/mol. The molecule has 0 heterocycles. The molecule has 0 unspecified atom stereocenters. The van der Waals surface area contributed by atoms with Gasteiger partial charge in [0.05, 0.1) is 6.61 Å². The highest BCUT2D eigenvalue weighted by Gasteiger charge is 1.92. The lowest BCUT2D eigenvalue weighted by atomic mass is 10.4. The van der Waals surface area contributed by atoms with Crippen molar-refractivity contribution in [3.8, 4) is 0 Å². The van der Waals surface area contributed by atoms with Crippen LogP contribution in [0, 0.1) is 0 Å². The lowest BCUT2D eigenvalue weighted by Gasteiger charge is -2.03.